The van der Waals surface area contributed by atoms with Crippen molar-refractivity contribution in [2.75, 3.05) is 17.6 Å². The Balaban J connectivity index is 1.68. The maximum atomic E-state index is 12.2. The molecule has 136 valence electrons. The Bertz CT molecular complexity index is 1050. The fraction of sp³-hybridized carbons (Fsp3) is 0.158. The number of fused-ring (bicyclic) bond motifs is 1. The third kappa shape index (κ3) is 4.65. The lowest BCUT2D eigenvalue weighted by Crippen LogP contribution is -2.13. The van der Waals surface area contributed by atoms with Crippen LogP contribution in [0, 0.1) is 21.4 Å². The SMILES string of the molecule is N#Cc1cc(NCCS(=O)Cc2ccccc2)nc2ccc([N+](=O)[O-])cc12. The number of hydrogen-bond donors (Lipinski definition) is 1. The van der Waals surface area contributed by atoms with E-state index < -0.39 is 15.7 Å². The van der Waals surface area contributed by atoms with E-state index in [2.05, 4.69) is 10.3 Å². The molecule has 0 saturated heterocycles. The second-order valence-corrected chi connectivity index (χ2v) is 7.40. The standard InChI is InChI=1S/C19H16N4O3S/c20-12-15-10-19(22-18-7-6-16(23(24)25)11-17(15)18)21-8-9-27(26)13-14-4-2-1-3-5-14/h1-7,10-11H,8-9,13H2,(H,21,22). The Kier molecular flexibility index (Phi) is 5.74. The summed E-state index contributed by atoms with van der Waals surface area (Å²) in [6.45, 7) is 0.440. The predicted octanol–water partition coefficient (Wildman–Crippen LogP) is 3.38. The molecule has 1 aromatic heterocycles. The molecule has 1 atom stereocenters. The number of rotatable bonds is 7. The molecule has 1 heterocycles. The van der Waals surface area contributed by atoms with E-state index in [1.54, 1.807) is 6.07 Å². The van der Waals surface area contributed by atoms with E-state index in [0.29, 0.717) is 40.3 Å². The van der Waals surface area contributed by atoms with Gasteiger partial charge in [0.25, 0.3) is 5.69 Å². The van der Waals surface area contributed by atoms with Gasteiger partial charge in [-0.25, -0.2) is 4.98 Å². The van der Waals surface area contributed by atoms with Gasteiger partial charge in [-0.05, 0) is 17.7 Å². The van der Waals surface area contributed by atoms with Crippen molar-refractivity contribution >= 4 is 33.2 Å². The zero-order valence-corrected chi connectivity index (χ0v) is 15.1. The number of nitrogens with one attached hydrogen (secondary N) is 1. The maximum Gasteiger partial charge on any atom is 0.270 e. The highest BCUT2D eigenvalue weighted by Gasteiger charge is 2.11. The van der Waals surface area contributed by atoms with Crippen LogP contribution in [0.1, 0.15) is 11.1 Å². The average Bonchev–Trinajstić information content (AvgIpc) is 2.67. The number of benzene rings is 2. The number of nitro groups is 1. The third-order valence-corrected chi connectivity index (χ3v) is 5.24. The van der Waals surface area contributed by atoms with Crippen molar-refractivity contribution in [1.82, 2.24) is 4.98 Å². The smallest absolute Gasteiger partial charge is 0.270 e. The van der Waals surface area contributed by atoms with Gasteiger partial charge >= 0.3 is 0 Å². The Morgan fingerprint density at radius 3 is 2.67 bits per heavy atom. The van der Waals surface area contributed by atoms with Crippen LogP contribution in [0.15, 0.2) is 54.6 Å². The van der Waals surface area contributed by atoms with Crippen LogP contribution >= 0.6 is 0 Å². The molecule has 0 amide bonds. The number of nitrogens with zero attached hydrogens (tertiary/aromatic N) is 3. The summed E-state index contributed by atoms with van der Waals surface area (Å²) in [5.74, 6) is 1.40. The van der Waals surface area contributed by atoms with E-state index >= 15 is 0 Å². The van der Waals surface area contributed by atoms with Crippen LogP contribution in [0.5, 0.6) is 0 Å². The normalized spacial score (nSPS) is 11.7. The van der Waals surface area contributed by atoms with Crippen molar-refractivity contribution < 1.29 is 9.13 Å². The van der Waals surface area contributed by atoms with Gasteiger partial charge in [0.05, 0.1) is 22.1 Å². The Morgan fingerprint density at radius 1 is 1.19 bits per heavy atom. The third-order valence-electron chi connectivity index (χ3n) is 3.93. The minimum Gasteiger partial charge on any atom is -0.369 e. The van der Waals surface area contributed by atoms with E-state index in [1.807, 2.05) is 36.4 Å². The first-order valence-electron chi connectivity index (χ1n) is 8.19. The Morgan fingerprint density at radius 2 is 1.96 bits per heavy atom. The number of hydrogen-bond acceptors (Lipinski definition) is 6. The van der Waals surface area contributed by atoms with Gasteiger partial charge in [-0.3, -0.25) is 14.3 Å². The van der Waals surface area contributed by atoms with Crippen LogP contribution < -0.4 is 5.32 Å². The molecule has 1 N–H and O–H groups in total. The van der Waals surface area contributed by atoms with E-state index in [1.165, 1.54) is 18.2 Å². The molecule has 0 aliphatic carbocycles. The van der Waals surface area contributed by atoms with E-state index in [9.17, 15) is 19.6 Å². The largest absolute Gasteiger partial charge is 0.369 e. The summed E-state index contributed by atoms with van der Waals surface area (Å²) >= 11 is 0. The summed E-state index contributed by atoms with van der Waals surface area (Å²) in [6.07, 6.45) is 0. The number of anilines is 1. The van der Waals surface area contributed by atoms with Gasteiger partial charge in [-0.1, -0.05) is 30.3 Å². The van der Waals surface area contributed by atoms with Gasteiger partial charge in [0.15, 0.2) is 0 Å². The first kappa shape index (κ1) is 18.5. The minimum absolute atomic E-state index is 0.0854. The second kappa shape index (κ2) is 8.38. The summed E-state index contributed by atoms with van der Waals surface area (Å²) in [6, 6.07) is 17.4. The molecule has 0 radical (unpaired) electrons. The van der Waals surface area contributed by atoms with Crippen molar-refractivity contribution in [2.45, 2.75) is 5.75 Å². The summed E-state index contributed by atoms with van der Waals surface area (Å²) in [5, 5.41) is 23.8. The summed E-state index contributed by atoms with van der Waals surface area (Å²) in [4.78, 5) is 14.8. The second-order valence-electron chi connectivity index (χ2n) is 5.83. The van der Waals surface area contributed by atoms with Gasteiger partial charge in [0.1, 0.15) is 5.82 Å². The first-order chi connectivity index (χ1) is 13.1. The van der Waals surface area contributed by atoms with Gasteiger partial charge in [-0.2, -0.15) is 5.26 Å². The Hall–Kier alpha value is -3.31. The van der Waals surface area contributed by atoms with Gasteiger partial charge < -0.3 is 5.32 Å². The zero-order chi connectivity index (χ0) is 19.2. The van der Waals surface area contributed by atoms with E-state index in [4.69, 9.17) is 0 Å². The molecule has 8 heteroatoms. The number of pyridine rings is 1. The van der Waals surface area contributed by atoms with Crippen molar-refractivity contribution in [3.63, 3.8) is 0 Å². The van der Waals surface area contributed by atoms with Crippen LogP contribution in [-0.4, -0.2) is 26.4 Å². The van der Waals surface area contributed by atoms with Crippen molar-refractivity contribution in [3.05, 3.63) is 75.8 Å². The van der Waals surface area contributed by atoms with Crippen LogP contribution in [0.2, 0.25) is 0 Å². The molecule has 7 nitrogen and oxygen atoms in total. The van der Waals surface area contributed by atoms with Crippen LogP contribution in [0.25, 0.3) is 10.9 Å². The Labute approximate surface area is 158 Å². The summed E-state index contributed by atoms with van der Waals surface area (Å²) in [5.41, 5.74) is 1.73. The molecule has 27 heavy (non-hydrogen) atoms. The number of aromatic nitrogens is 1. The molecule has 1 unspecified atom stereocenters. The lowest BCUT2D eigenvalue weighted by Gasteiger charge is -2.08. The summed E-state index contributed by atoms with van der Waals surface area (Å²) in [7, 11) is -1.02. The predicted molar refractivity (Wildman–Crippen MR) is 105 cm³/mol. The fourth-order valence-electron chi connectivity index (χ4n) is 2.64. The average molecular weight is 380 g/mol. The molecular formula is C19H16N4O3S. The fourth-order valence-corrected chi connectivity index (χ4v) is 3.67. The quantitative estimate of drug-likeness (QED) is 0.497. The van der Waals surface area contributed by atoms with Gasteiger partial charge in [-0.15, -0.1) is 0 Å². The molecule has 2 aromatic carbocycles. The molecular weight excluding hydrogens is 364 g/mol. The van der Waals surface area contributed by atoms with Crippen LogP contribution in [0.4, 0.5) is 11.5 Å². The molecule has 0 aliphatic heterocycles. The molecule has 0 bridgehead atoms. The molecule has 0 spiro atoms. The number of nitro benzene ring substituents is 1. The van der Waals surface area contributed by atoms with Gasteiger partial charge in [0, 0.05) is 46.4 Å². The highest BCUT2D eigenvalue weighted by Crippen LogP contribution is 2.24. The van der Waals surface area contributed by atoms with Crippen molar-refractivity contribution in [3.8, 4) is 6.07 Å². The monoisotopic (exact) mass is 380 g/mol. The number of non-ortho nitro benzene ring substituents is 1. The van der Waals surface area contributed by atoms with Gasteiger partial charge in [0.2, 0.25) is 0 Å². The molecule has 0 aliphatic rings. The van der Waals surface area contributed by atoms with Crippen LogP contribution in [0.3, 0.4) is 0 Å². The maximum absolute atomic E-state index is 12.2. The van der Waals surface area contributed by atoms with E-state index in [-0.39, 0.29) is 5.69 Å². The van der Waals surface area contributed by atoms with E-state index in [0.717, 1.165) is 5.56 Å². The minimum atomic E-state index is -1.02. The lowest BCUT2D eigenvalue weighted by atomic mass is 10.1. The van der Waals surface area contributed by atoms with Crippen LogP contribution in [-0.2, 0) is 16.6 Å². The highest BCUT2D eigenvalue weighted by atomic mass is 32.2. The van der Waals surface area contributed by atoms with Crippen molar-refractivity contribution in [2.24, 2.45) is 0 Å². The molecule has 3 aromatic rings. The molecule has 0 saturated carbocycles. The molecule has 0 fully saturated rings. The number of nitriles is 1. The van der Waals surface area contributed by atoms with Crippen molar-refractivity contribution in [1.29, 1.82) is 5.26 Å². The molecule has 3 rings (SSSR count). The first-order valence-corrected chi connectivity index (χ1v) is 9.67. The highest BCUT2D eigenvalue weighted by molar-refractivity contribution is 7.84. The lowest BCUT2D eigenvalue weighted by molar-refractivity contribution is -0.384. The summed E-state index contributed by atoms with van der Waals surface area (Å²) < 4.78 is 12.2. The topological polar surface area (TPSA) is 109 Å². The zero-order valence-electron chi connectivity index (χ0n) is 14.3.